The zero-order valence-corrected chi connectivity index (χ0v) is 9.61. The predicted molar refractivity (Wildman–Crippen MR) is 60.8 cm³/mol. The van der Waals surface area contributed by atoms with Crippen LogP contribution in [0.15, 0.2) is 36.9 Å². The van der Waals surface area contributed by atoms with E-state index in [4.69, 9.17) is 9.79 Å². The Kier molecular flexibility index (Phi) is 4.42. The summed E-state index contributed by atoms with van der Waals surface area (Å²) in [6.45, 7) is 3.44. The van der Waals surface area contributed by atoms with Gasteiger partial charge >= 0.3 is 7.60 Å². The Labute approximate surface area is 93.8 Å². The van der Waals surface area contributed by atoms with E-state index in [0.717, 1.165) is 0 Å². The highest BCUT2D eigenvalue weighted by Gasteiger charge is 2.28. The van der Waals surface area contributed by atoms with Crippen LogP contribution in [-0.4, -0.2) is 15.4 Å². The van der Waals surface area contributed by atoms with Gasteiger partial charge in [0.25, 0.3) is 0 Å². The second-order valence-corrected chi connectivity index (χ2v) is 5.47. The van der Waals surface area contributed by atoms with Crippen LogP contribution in [0.3, 0.4) is 0 Å². The SMILES string of the molecule is C=CCC(Cc1ccccc1F)P(=O)(O)O. The number of hydrogen-bond donors (Lipinski definition) is 2. The van der Waals surface area contributed by atoms with E-state index in [1.54, 1.807) is 12.1 Å². The molecule has 0 aromatic heterocycles. The summed E-state index contributed by atoms with van der Waals surface area (Å²) in [6, 6.07) is 5.99. The zero-order valence-electron chi connectivity index (χ0n) is 8.71. The molecule has 0 aliphatic rings. The van der Waals surface area contributed by atoms with Crippen molar-refractivity contribution in [3.63, 3.8) is 0 Å². The van der Waals surface area contributed by atoms with E-state index in [1.165, 1.54) is 18.2 Å². The van der Waals surface area contributed by atoms with Crippen LogP contribution < -0.4 is 0 Å². The van der Waals surface area contributed by atoms with Gasteiger partial charge in [0, 0.05) is 0 Å². The van der Waals surface area contributed by atoms with Crippen LogP contribution in [0, 0.1) is 5.82 Å². The van der Waals surface area contributed by atoms with Crippen molar-refractivity contribution in [3.05, 3.63) is 48.3 Å². The van der Waals surface area contributed by atoms with Crippen LogP contribution >= 0.6 is 7.60 Å². The highest BCUT2D eigenvalue weighted by Crippen LogP contribution is 2.44. The molecule has 1 atom stereocenters. The van der Waals surface area contributed by atoms with Crippen LogP contribution in [0.4, 0.5) is 4.39 Å². The molecule has 5 heteroatoms. The molecule has 0 aliphatic carbocycles. The van der Waals surface area contributed by atoms with Gasteiger partial charge in [0.05, 0.1) is 5.66 Å². The lowest BCUT2D eigenvalue weighted by Gasteiger charge is -2.16. The molecule has 1 aromatic rings. The molecular weight excluding hydrogens is 230 g/mol. The van der Waals surface area contributed by atoms with Gasteiger partial charge in [-0.15, -0.1) is 6.58 Å². The summed E-state index contributed by atoms with van der Waals surface area (Å²) in [5.41, 5.74) is -0.584. The lowest BCUT2D eigenvalue weighted by atomic mass is 10.1. The molecule has 1 unspecified atom stereocenters. The van der Waals surface area contributed by atoms with E-state index in [-0.39, 0.29) is 12.8 Å². The van der Waals surface area contributed by atoms with Crippen LogP contribution in [0.2, 0.25) is 0 Å². The van der Waals surface area contributed by atoms with Gasteiger partial charge < -0.3 is 9.79 Å². The summed E-state index contributed by atoms with van der Waals surface area (Å²) in [5.74, 6) is -0.440. The van der Waals surface area contributed by atoms with E-state index < -0.39 is 19.1 Å². The third-order valence-corrected chi connectivity index (χ3v) is 3.67. The quantitative estimate of drug-likeness (QED) is 0.618. The highest BCUT2D eigenvalue weighted by molar-refractivity contribution is 7.52. The third-order valence-electron chi connectivity index (χ3n) is 2.33. The minimum absolute atomic E-state index is 0.0168. The van der Waals surface area contributed by atoms with Crippen molar-refractivity contribution in [2.45, 2.75) is 18.5 Å². The third kappa shape index (κ3) is 3.56. The number of benzene rings is 1. The molecule has 3 nitrogen and oxygen atoms in total. The standard InChI is InChI=1S/C11H14FO3P/c1-2-5-10(16(13,14)15)8-9-6-3-4-7-11(9)12/h2-4,6-7,10H,1,5,8H2,(H2,13,14,15). The van der Waals surface area contributed by atoms with Gasteiger partial charge in [-0.3, -0.25) is 4.57 Å². The van der Waals surface area contributed by atoms with Crippen LogP contribution in [-0.2, 0) is 11.0 Å². The van der Waals surface area contributed by atoms with Crippen molar-refractivity contribution in [2.24, 2.45) is 0 Å². The molecule has 0 saturated carbocycles. The Balaban J connectivity index is 2.88. The Morgan fingerprint density at radius 2 is 2.06 bits per heavy atom. The summed E-state index contributed by atoms with van der Waals surface area (Å²) in [7, 11) is -4.22. The van der Waals surface area contributed by atoms with E-state index in [0.29, 0.717) is 5.56 Å². The maximum Gasteiger partial charge on any atom is 0.329 e. The molecule has 1 aromatic carbocycles. The summed E-state index contributed by atoms with van der Waals surface area (Å²) in [6.07, 6.45) is 1.62. The van der Waals surface area contributed by atoms with Gasteiger partial charge in [-0.2, -0.15) is 0 Å². The topological polar surface area (TPSA) is 57.5 Å². The van der Waals surface area contributed by atoms with E-state index in [2.05, 4.69) is 6.58 Å². The van der Waals surface area contributed by atoms with Crippen LogP contribution in [0.1, 0.15) is 12.0 Å². The van der Waals surface area contributed by atoms with Gasteiger partial charge in [-0.25, -0.2) is 4.39 Å². The molecule has 0 spiro atoms. The van der Waals surface area contributed by atoms with Gasteiger partial charge in [0.2, 0.25) is 0 Å². The first kappa shape index (κ1) is 13.1. The van der Waals surface area contributed by atoms with Crippen molar-refractivity contribution in [1.82, 2.24) is 0 Å². The highest BCUT2D eigenvalue weighted by atomic mass is 31.2. The number of hydrogen-bond acceptors (Lipinski definition) is 1. The first-order valence-corrected chi connectivity index (χ1v) is 6.53. The molecule has 0 heterocycles. The fourth-order valence-corrected chi connectivity index (χ4v) is 2.31. The second-order valence-electron chi connectivity index (χ2n) is 3.56. The minimum Gasteiger partial charge on any atom is -0.324 e. The summed E-state index contributed by atoms with van der Waals surface area (Å²) in [5, 5.41) is 0. The van der Waals surface area contributed by atoms with E-state index in [9.17, 15) is 8.96 Å². The predicted octanol–water partition coefficient (Wildman–Crippen LogP) is 2.49. The van der Waals surface area contributed by atoms with Crippen molar-refractivity contribution in [2.75, 3.05) is 0 Å². The maximum absolute atomic E-state index is 13.3. The Bertz CT molecular complexity index is 413. The van der Waals surface area contributed by atoms with Crippen molar-refractivity contribution in [3.8, 4) is 0 Å². The molecular formula is C11H14FO3P. The molecule has 0 amide bonds. The summed E-state index contributed by atoms with van der Waals surface area (Å²) >= 11 is 0. The summed E-state index contributed by atoms with van der Waals surface area (Å²) < 4.78 is 24.5. The van der Waals surface area contributed by atoms with Gasteiger partial charge in [-0.1, -0.05) is 24.3 Å². The lowest BCUT2D eigenvalue weighted by Crippen LogP contribution is -2.12. The zero-order chi connectivity index (χ0) is 12.2. The Hall–Kier alpha value is -0.960. The molecule has 0 radical (unpaired) electrons. The van der Waals surface area contributed by atoms with Crippen LogP contribution in [0.5, 0.6) is 0 Å². The average Bonchev–Trinajstić information content (AvgIpc) is 2.19. The molecule has 88 valence electrons. The largest absolute Gasteiger partial charge is 0.329 e. The van der Waals surface area contributed by atoms with Gasteiger partial charge in [-0.05, 0) is 24.5 Å². The summed E-state index contributed by atoms with van der Waals surface area (Å²) in [4.78, 5) is 18.2. The van der Waals surface area contributed by atoms with E-state index >= 15 is 0 Å². The van der Waals surface area contributed by atoms with E-state index in [1.807, 2.05) is 0 Å². The number of allylic oxidation sites excluding steroid dienone is 1. The molecule has 0 aliphatic heterocycles. The van der Waals surface area contributed by atoms with Gasteiger partial charge in [0.1, 0.15) is 5.82 Å². The molecule has 1 rings (SSSR count). The van der Waals surface area contributed by atoms with Crippen LogP contribution in [0.25, 0.3) is 0 Å². The molecule has 0 saturated heterocycles. The molecule has 0 bridgehead atoms. The normalized spacial score (nSPS) is 13.4. The van der Waals surface area contributed by atoms with Gasteiger partial charge in [0.15, 0.2) is 0 Å². The smallest absolute Gasteiger partial charge is 0.324 e. The fraction of sp³-hybridized carbons (Fsp3) is 0.273. The Morgan fingerprint density at radius 3 is 2.56 bits per heavy atom. The minimum atomic E-state index is -4.22. The maximum atomic E-state index is 13.3. The first-order valence-electron chi connectivity index (χ1n) is 4.84. The molecule has 16 heavy (non-hydrogen) atoms. The van der Waals surface area contributed by atoms with Crippen molar-refractivity contribution >= 4 is 7.60 Å². The Morgan fingerprint density at radius 1 is 1.44 bits per heavy atom. The first-order chi connectivity index (χ1) is 7.45. The lowest BCUT2D eigenvalue weighted by molar-refractivity contribution is 0.356. The monoisotopic (exact) mass is 244 g/mol. The molecule has 2 N–H and O–H groups in total. The van der Waals surface area contributed by atoms with Crippen molar-refractivity contribution < 1.29 is 18.7 Å². The number of rotatable bonds is 5. The second kappa shape index (κ2) is 5.39. The average molecular weight is 244 g/mol. The fourth-order valence-electron chi connectivity index (χ4n) is 1.45. The van der Waals surface area contributed by atoms with Crippen molar-refractivity contribution in [1.29, 1.82) is 0 Å². The molecule has 0 fully saturated rings. The number of halogens is 1.